The topological polar surface area (TPSA) is 88.4 Å². The first-order chi connectivity index (χ1) is 12.9. The predicted molar refractivity (Wildman–Crippen MR) is 98.9 cm³/mol. The monoisotopic (exact) mass is 388 g/mol. The Bertz CT molecular complexity index is 855. The molecule has 6 nitrogen and oxygen atoms in total. The molecule has 0 spiro atoms. The minimum Gasteiger partial charge on any atom is -0.482 e. The normalized spacial score (nSPS) is 10.0. The van der Waals surface area contributed by atoms with Gasteiger partial charge in [0.2, 0.25) is 0 Å². The molecule has 8 heteroatoms. The number of anilines is 1. The molecule has 2 aromatic rings. The van der Waals surface area contributed by atoms with Crippen molar-refractivity contribution in [1.29, 1.82) is 5.26 Å². The number of halogens is 1. The molecular weight excluding hydrogens is 371 g/mol. The summed E-state index contributed by atoms with van der Waals surface area (Å²) in [5, 5.41) is 13.4. The maximum absolute atomic E-state index is 12.8. The first-order valence-electron chi connectivity index (χ1n) is 7.90. The first kappa shape index (κ1) is 20.3. The quantitative estimate of drug-likeness (QED) is 0.443. The van der Waals surface area contributed by atoms with Crippen molar-refractivity contribution in [2.45, 2.75) is 18.7 Å². The average molecular weight is 388 g/mol. The molecule has 0 heterocycles. The molecule has 0 aromatic heterocycles. The molecule has 1 N–H and O–H groups in total. The molecular formula is C19H17FN2O4S. The van der Waals surface area contributed by atoms with Crippen molar-refractivity contribution in [3.63, 3.8) is 0 Å². The van der Waals surface area contributed by atoms with Gasteiger partial charge in [-0.05, 0) is 73.1 Å². The van der Waals surface area contributed by atoms with Gasteiger partial charge in [0, 0.05) is 10.6 Å². The molecule has 0 aliphatic heterocycles. The van der Waals surface area contributed by atoms with E-state index in [2.05, 4.69) is 5.32 Å². The van der Waals surface area contributed by atoms with Crippen molar-refractivity contribution in [1.82, 2.24) is 0 Å². The van der Waals surface area contributed by atoms with Gasteiger partial charge in [-0.15, -0.1) is 0 Å². The Morgan fingerprint density at radius 1 is 1.15 bits per heavy atom. The van der Waals surface area contributed by atoms with Crippen molar-refractivity contribution in [2.75, 3.05) is 18.5 Å². The number of ether oxygens (including phenoxy) is 2. The zero-order chi connectivity index (χ0) is 19.8. The van der Waals surface area contributed by atoms with Crippen LogP contribution in [-0.4, -0.2) is 25.1 Å². The van der Waals surface area contributed by atoms with Gasteiger partial charge in [0.15, 0.2) is 13.2 Å². The van der Waals surface area contributed by atoms with Crippen LogP contribution in [0.1, 0.15) is 11.1 Å². The Morgan fingerprint density at radius 2 is 1.78 bits per heavy atom. The molecule has 0 atom stereocenters. The number of nitriles is 1. The second-order valence-corrected chi connectivity index (χ2v) is 6.43. The summed E-state index contributed by atoms with van der Waals surface area (Å²) in [5.41, 5.74) is 2.21. The van der Waals surface area contributed by atoms with E-state index in [1.165, 1.54) is 24.3 Å². The number of aryl methyl sites for hydroxylation is 2. The Morgan fingerprint density at radius 3 is 2.37 bits per heavy atom. The minimum absolute atomic E-state index is 0.319. The van der Waals surface area contributed by atoms with E-state index >= 15 is 0 Å². The molecule has 0 aliphatic rings. The molecule has 0 fully saturated rings. The lowest BCUT2D eigenvalue weighted by molar-refractivity contribution is -0.149. The molecule has 1 amide bonds. The van der Waals surface area contributed by atoms with E-state index in [0.29, 0.717) is 11.4 Å². The lowest BCUT2D eigenvalue weighted by Gasteiger charge is -2.13. The fraction of sp³-hybridized carbons (Fsp3) is 0.211. The van der Waals surface area contributed by atoms with Gasteiger partial charge < -0.3 is 14.8 Å². The van der Waals surface area contributed by atoms with Crippen LogP contribution in [0.15, 0.2) is 41.3 Å². The zero-order valence-electron chi connectivity index (χ0n) is 14.7. The van der Waals surface area contributed by atoms with Gasteiger partial charge in [0.25, 0.3) is 5.91 Å². The number of hydrogen-bond acceptors (Lipinski definition) is 6. The second-order valence-electron chi connectivity index (χ2n) is 5.58. The van der Waals surface area contributed by atoms with Crippen molar-refractivity contribution in [2.24, 2.45) is 0 Å². The van der Waals surface area contributed by atoms with Crippen molar-refractivity contribution >= 4 is 29.3 Å². The zero-order valence-corrected chi connectivity index (χ0v) is 15.6. The van der Waals surface area contributed by atoms with Gasteiger partial charge >= 0.3 is 5.97 Å². The van der Waals surface area contributed by atoms with Crippen LogP contribution < -0.4 is 10.1 Å². The fourth-order valence-electron chi connectivity index (χ4n) is 2.27. The van der Waals surface area contributed by atoms with Gasteiger partial charge in [-0.1, -0.05) is 0 Å². The number of nitrogens with zero attached hydrogens (tertiary/aromatic N) is 1. The van der Waals surface area contributed by atoms with Gasteiger partial charge in [0.05, 0.1) is 0 Å². The maximum atomic E-state index is 12.8. The molecule has 0 radical (unpaired) electrons. The molecule has 0 aliphatic carbocycles. The van der Waals surface area contributed by atoms with Crippen LogP contribution in [0.3, 0.4) is 0 Å². The predicted octanol–water partition coefficient (Wildman–Crippen LogP) is 3.58. The highest BCUT2D eigenvalue weighted by Gasteiger charge is 2.12. The number of amides is 1. The van der Waals surface area contributed by atoms with Gasteiger partial charge in [-0.2, -0.15) is 5.26 Å². The van der Waals surface area contributed by atoms with Crippen LogP contribution in [0.4, 0.5) is 10.1 Å². The van der Waals surface area contributed by atoms with Crippen molar-refractivity contribution in [3.8, 4) is 11.2 Å². The van der Waals surface area contributed by atoms with Gasteiger partial charge in [-0.3, -0.25) is 4.79 Å². The van der Waals surface area contributed by atoms with E-state index in [1.54, 1.807) is 12.1 Å². The lowest BCUT2D eigenvalue weighted by Crippen LogP contribution is -2.24. The van der Waals surface area contributed by atoms with E-state index in [-0.39, 0.29) is 0 Å². The van der Waals surface area contributed by atoms with Crippen LogP contribution in [0, 0.1) is 30.3 Å². The maximum Gasteiger partial charge on any atom is 0.344 e. The number of nitrogens with one attached hydrogen (secondary N) is 1. The minimum atomic E-state index is -0.719. The highest BCUT2D eigenvalue weighted by Crippen LogP contribution is 2.27. The summed E-state index contributed by atoms with van der Waals surface area (Å²) in [4.78, 5) is 24.5. The summed E-state index contributed by atoms with van der Waals surface area (Å²) in [6.45, 7) is 2.77. The molecule has 0 saturated heterocycles. The summed E-state index contributed by atoms with van der Waals surface area (Å²) < 4.78 is 22.8. The summed E-state index contributed by atoms with van der Waals surface area (Å²) in [6.07, 6.45) is 0. The largest absolute Gasteiger partial charge is 0.482 e. The summed E-state index contributed by atoms with van der Waals surface area (Å²) >= 11 is 1.04. The van der Waals surface area contributed by atoms with Crippen LogP contribution in [0.2, 0.25) is 0 Å². The van der Waals surface area contributed by atoms with Crippen LogP contribution in [-0.2, 0) is 14.3 Å². The Hall–Kier alpha value is -3.05. The first-order valence-corrected chi connectivity index (χ1v) is 8.71. The number of thioether (sulfide) groups is 1. The summed E-state index contributed by atoms with van der Waals surface area (Å²) in [7, 11) is 0. The molecule has 0 bridgehead atoms. The van der Waals surface area contributed by atoms with Crippen LogP contribution in [0.5, 0.6) is 5.75 Å². The molecule has 140 valence electrons. The number of benzene rings is 2. The fourth-order valence-corrected chi connectivity index (χ4v) is 2.85. The smallest absolute Gasteiger partial charge is 0.344 e. The van der Waals surface area contributed by atoms with E-state index in [0.717, 1.165) is 27.8 Å². The number of carbonyl (C=O) groups excluding carboxylic acids is 2. The van der Waals surface area contributed by atoms with E-state index in [4.69, 9.17) is 14.7 Å². The summed E-state index contributed by atoms with van der Waals surface area (Å²) in [5.74, 6) is -1.30. The molecule has 2 rings (SSSR count). The third-order valence-corrected chi connectivity index (χ3v) is 4.03. The van der Waals surface area contributed by atoms with Crippen LogP contribution >= 0.6 is 11.8 Å². The van der Waals surface area contributed by atoms with Crippen molar-refractivity contribution < 1.29 is 23.5 Å². The molecule has 0 unspecified atom stereocenters. The number of esters is 1. The Labute approximate surface area is 160 Å². The number of thiocyanates is 1. The highest BCUT2D eigenvalue weighted by molar-refractivity contribution is 8.03. The van der Waals surface area contributed by atoms with Crippen molar-refractivity contribution in [3.05, 3.63) is 53.3 Å². The van der Waals surface area contributed by atoms with Gasteiger partial charge in [-0.25, -0.2) is 9.18 Å². The number of rotatable bonds is 7. The number of carbonyl (C=O) groups is 2. The number of hydrogen-bond donors (Lipinski definition) is 1. The molecule has 0 saturated carbocycles. The van der Waals surface area contributed by atoms with E-state index in [9.17, 15) is 14.0 Å². The Kier molecular flexibility index (Phi) is 7.20. The second kappa shape index (κ2) is 9.59. The van der Waals surface area contributed by atoms with Gasteiger partial charge in [0.1, 0.15) is 17.0 Å². The molecule has 27 heavy (non-hydrogen) atoms. The Balaban J connectivity index is 1.83. The van der Waals surface area contributed by atoms with E-state index in [1.807, 2.05) is 19.2 Å². The van der Waals surface area contributed by atoms with E-state index < -0.39 is 30.9 Å². The van der Waals surface area contributed by atoms with Crippen LogP contribution in [0.25, 0.3) is 0 Å². The summed E-state index contributed by atoms with van der Waals surface area (Å²) in [6, 6.07) is 8.76. The molecule has 2 aromatic carbocycles. The third kappa shape index (κ3) is 6.31. The lowest BCUT2D eigenvalue weighted by atomic mass is 10.1. The standard InChI is InChI=1S/C19H17FN2O4S/c1-12-7-16(27-11-21)8-13(2)19(12)22-17(23)9-26-18(24)10-25-15-5-3-14(20)4-6-15/h3-8H,9-10H2,1-2H3,(H,22,23). The highest BCUT2D eigenvalue weighted by atomic mass is 32.2. The average Bonchev–Trinajstić information content (AvgIpc) is 2.63. The third-order valence-electron chi connectivity index (χ3n) is 3.47. The SMILES string of the molecule is Cc1cc(SC#N)cc(C)c1NC(=O)COC(=O)COc1ccc(F)cc1.